The van der Waals surface area contributed by atoms with Gasteiger partial charge >= 0.3 is 0 Å². The van der Waals surface area contributed by atoms with E-state index in [0.717, 1.165) is 16.9 Å². The zero-order valence-electron chi connectivity index (χ0n) is 12.5. The van der Waals surface area contributed by atoms with E-state index in [4.69, 9.17) is 0 Å². The molecular formula is C15H23N3O2. The Morgan fingerprint density at radius 1 is 1.15 bits per heavy atom. The van der Waals surface area contributed by atoms with Gasteiger partial charge in [0.15, 0.2) is 0 Å². The fourth-order valence-corrected chi connectivity index (χ4v) is 1.75. The van der Waals surface area contributed by atoms with Gasteiger partial charge in [0, 0.05) is 23.8 Å². The Morgan fingerprint density at radius 3 is 2.40 bits per heavy atom. The summed E-state index contributed by atoms with van der Waals surface area (Å²) in [7, 11) is 0. The van der Waals surface area contributed by atoms with Crippen molar-refractivity contribution in [2.75, 3.05) is 17.2 Å². The fourth-order valence-electron chi connectivity index (χ4n) is 1.75. The summed E-state index contributed by atoms with van der Waals surface area (Å²) in [6.45, 7) is 7.77. The maximum absolute atomic E-state index is 11.6. The summed E-state index contributed by atoms with van der Waals surface area (Å²) in [5, 5.41) is 8.74. The van der Waals surface area contributed by atoms with Crippen LogP contribution in [0.25, 0.3) is 0 Å². The molecule has 0 atom stereocenters. The molecule has 0 saturated carbocycles. The molecule has 0 bridgehead atoms. The third kappa shape index (κ3) is 4.91. The maximum Gasteiger partial charge on any atom is 0.239 e. The monoisotopic (exact) mass is 277 g/mol. The Balaban J connectivity index is 2.69. The molecule has 2 amide bonds. The Morgan fingerprint density at radius 2 is 1.80 bits per heavy atom. The molecule has 0 aliphatic heterocycles. The average Bonchev–Trinajstić information content (AvgIpc) is 2.38. The Labute approximate surface area is 120 Å². The third-order valence-electron chi connectivity index (χ3n) is 2.82. The molecule has 20 heavy (non-hydrogen) atoms. The van der Waals surface area contributed by atoms with Crippen LogP contribution in [0.5, 0.6) is 0 Å². The Kier molecular flexibility index (Phi) is 6.03. The van der Waals surface area contributed by atoms with Gasteiger partial charge in [0.2, 0.25) is 11.8 Å². The zero-order chi connectivity index (χ0) is 15.1. The first kappa shape index (κ1) is 16.0. The molecule has 0 heterocycles. The minimum atomic E-state index is -0.0533. The molecule has 0 spiro atoms. The minimum Gasteiger partial charge on any atom is -0.376 e. The van der Waals surface area contributed by atoms with E-state index in [9.17, 15) is 9.59 Å². The molecule has 0 aliphatic rings. The van der Waals surface area contributed by atoms with Gasteiger partial charge in [-0.3, -0.25) is 9.59 Å². The van der Waals surface area contributed by atoms with Crippen LogP contribution >= 0.6 is 0 Å². The molecule has 5 nitrogen and oxygen atoms in total. The van der Waals surface area contributed by atoms with E-state index in [-0.39, 0.29) is 24.4 Å². The molecule has 0 aliphatic carbocycles. The molecule has 0 unspecified atom stereocenters. The van der Waals surface area contributed by atoms with Crippen molar-refractivity contribution in [1.29, 1.82) is 0 Å². The van der Waals surface area contributed by atoms with Crippen LogP contribution in [0.1, 0.15) is 32.8 Å². The highest BCUT2D eigenvalue weighted by Gasteiger charge is 2.08. The van der Waals surface area contributed by atoms with Gasteiger partial charge in [0.05, 0.1) is 6.54 Å². The molecule has 1 aromatic rings. The van der Waals surface area contributed by atoms with Crippen LogP contribution in [-0.2, 0) is 9.59 Å². The number of carbonyl (C=O) groups excluding carboxylic acids is 2. The van der Waals surface area contributed by atoms with Crippen LogP contribution in [-0.4, -0.2) is 24.4 Å². The van der Waals surface area contributed by atoms with Gasteiger partial charge in [-0.2, -0.15) is 0 Å². The van der Waals surface area contributed by atoms with Crippen molar-refractivity contribution in [2.45, 2.75) is 40.2 Å². The highest BCUT2D eigenvalue weighted by Crippen LogP contribution is 2.23. The largest absolute Gasteiger partial charge is 0.376 e. The second-order valence-electron chi connectivity index (χ2n) is 4.96. The lowest BCUT2D eigenvalue weighted by Crippen LogP contribution is -2.34. The predicted octanol–water partition coefficient (Wildman–Crippen LogP) is 2.28. The van der Waals surface area contributed by atoms with Crippen LogP contribution in [0, 0.1) is 6.92 Å². The van der Waals surface area contributed by atoms with E-state index in [1.165, 1.54) is 0 Å². The van der Waals surface area contributed by atoms with E-state index in [1.807, 2.05) is 45.9 Å². The first-order chi connectivity index (χ1) is 9.43. The molecule has 110 valence electrons. The number of anilines is 2. The van der Waals surface area contributed by atoms with Gasteiger partial charge in [-0.15, -0.1) is 0 Å². The van der Waals surface area contributed by atoms with Crippen molar-refractivity contribution in [1.82, 2.24) is 5.32 Å². The van der Waals surface area contributed by atoms with Crippen molar-refractivity contribution >= 4 is 23.2 Å². The van der Waals surface area contributed by atoms with E-state index in [1.54, 1.807) is 0 Å². The number of benzene rings is 1. The molecule has 0 radical (unpaired) electrons. The van der Waals surface area contributed by atoms with Crippen molar-refractivity contribution in [2.24, 2.45) is 0 Å². The van der Waals surface area contributed by atoms with Crippen LogP contribution in [0.2, 0.25) is 0 Å². The summed E-state index contributed by atoms with van der Waals surface area (Å²) in [6, 6.07) is 5.71. The van der Waals surface area contributed by atoms with Gasteiger partial charge in [-0.25, -0.2) is 0 Å². The SMILES string of the molecule is CCC(=O)Nc1cccc(NCC(=O)NC(C)C)c1C. The summed E-state index contributed by atoms with van der Waals surface area (Å²) in [4.78, 5) is 23.0. The zero-order valence-corrected chi connectivity index (χ0v) is 12.5. The topological polar surface area (TPSA) is 70.2 Å². The molecule has 3 N–H and O–H groups in total. The number of hydrogen-bond donors (Lipinski definition) is 3. The normalized spacial score (nSPS) is 10.2. The van der Waals surface area contributed by atoms with E-state index in [0.29, 0.717) is 6.42 Å². The molecule has 0 aromatic heterocycles. The molecule has 0 fully saturated rings. The molecule has 5 heteroatoms. The smallest absolute Gasteiger partial charge is 0.239 e. The number of amides is 2. The standard InChI is InChI=1S/C15H23N3O2/c1-5-14(19)18-13-8-6-7-12(11(13)4)16-9-15(20)17-10(2)3/h6-8,10,16H,5,9H2,1-4H3,(H,17,20)(H,18,19). The van der Waals surface area contributed by atoms with Crippen LogP contribution < -0.4 is 16.0 Å². The number of nitrogens with one attached hydrogen (secondary N) is 3. The quantitative estimate of drug-likeness (QED) is 0.747. The number of carbonyl (C=O) groups is 2. The first-order valence-electron chi connectivity index (χ1n) is 6.86. The van der Waals surface area contributed by atoms with Crippen LogP contribution in [0.4, 0.5) is 11.4 Å². The maximum atomic E-state index is 11.6. The fraction of sp³-hybridized carbons (Fsp3) is 0.467. The van der Waals surface area contributed by atoms with Crippen molar-refractivity contribution < 1.29 is 9.59 Å². The van der Waals surface area contributed by atoms with E-state index in [2.05, 4.69) is 16.0 Å². The lowest BCUT2D eigenvalue weighted by atomic mass is 10.1. The third-order valence-corrected chi connectivity index (χ3v) is 2.82. The second kappa shape index (κ2) is 7.53. The lowest BCUT2D eigenvalue weighted by molar-refractivity contribution is -0.120. The predicted molar refractivity (Wildman–Crippen MR) is 81.9 cm³/mol. The summed E-state index contributed by atoms with van der Waals surface area (Å²) >= 11 is 0. The van der Waals surface area contributed by atoms with Gasteiger partial charge < -0.3 is 16.0 Å². The summed E-state index contributed by atoms with van der Waals surface area (Å²) in [5.41, 5.74) is 2.54. The Hall–Kier alpha value is -2.04. The van der Waals surface area contributed by atoms with E-state index >= 15 is 0 Å². The Bertz CT molecular complexity index is 484. The average molecular weight is 277 g/mol. The molecule has 1 rings (SSSR count). The molecule has 0 saturated heterocycles. The van der Waals surface area contributed by atoms with Gasteiger partial charge in [0.25, 0.3) is 0 Å². The number of hydrogen-bond acceptors (Lipinski definition) is 3. The highest BCUT2D eigenvalue weighted by atomic mass is 16.2. The first-order valence-corrected chi connectivity index (χ1v) is 6.86. The summed E-state index contributed by atoms with van der Waals surface area (Å²) in [5.74, 6) is -0.0785. The highest BCUT2D eigenvalue weighted by molar-refractivity contribution is 5.92. The van der Waals surface area contributed by atoms with Gasteiger partial charge in [-0.1, -0.05) is 13.0 Å². The van der Waals surface area contributed by atoms with Crippen LogP contribution in [0.3, 0.4) is 0 Å². The minimum absolute atomic E-state index is 0.0252. The summed E-state index contributed by atoms with van der Waals surface area (Å²) < 4.78 is 0. The van der Waals surface area contributed by atoms with Crippen molar-refractivity contribution in [3.63, 3.8) is 0 Å². The molecule has 1 aromatic carbocycles. The number of rotatable bonds is 6. The van der Waals surface area contributed by atoms with Crippen molar-refractivity contribution in [3.8, 4) is 0 Å². The van der Waals surface area contributed by atoms with Gasteiger partial charge in [0.1, 0.15) is 0 Å². The second-order valence-corrected chi connectivity index (χ2v) is 4.96. The lowest BCUT2D eigenvalue weighted by Gasteiger charge is -2.14. The van der Waals surface area contributed by atoms with Gasteiger partial charge in [-0.05, 0) is 38.5 Å². The van der Waals surface area contributed by atoms with E-state index < -0.39 is 0 Å². The van der Waals surface area contributed by atoms with Crippen molar-refractivity contribution in [3.05, 3.63) is 23.8 Å². The summed E-state index contributed by atoms with van der Waals surface area (Å²) in [6.07, 6.45) is 0.438. The molecular weight excluding hydrogens is 254 g/mol. The van der Waals surface area contributed by atoms with Crippen LogP contribution in [0.15, 0.2) is 18.2 Å².